The van der Waals surface area contributed by atoms with Gasteiger partial charge in [-0.15, -0.1) is 0 Å². The van der Waals surface area contributed by atoms with E-state index in [1.165, 1.54) is 6.08 Å². The van der Waals surface area contributed by atoms with Gasteiger partial charge in [-0.25, -0.2) is 4.79 Å². The zero-order valence-corrected chi connectivity index (χ0v) is 14.0. The van der Waals surface area contributed by atoms with E-state index in [0.29, 0.717) is 23.0 Å². The molecule has 0 aliphatic carbocycles. The van der Waals surface area contributed by atoms with E-state index < -0.39 is 5.97 Å². The van der Waals surface area contributed by atoms with Crippen molar-refractivity contribution >= 4 is 23.3 Å². The zero-order chi connectivity index (χ0) is 16.8. The summed E-state index contributed by atoms with van der Waals surface area (Å²) in [6.45, 7) is 8.06. The number of rotatable bonds is 6. The first-order valence-corrected chi connectivity index (χ1v) is 7.76. The lowest BCUT2D eigenvalue weighted by atomic mass is 9.95. The smallest absolute Gasteiger partial charge is 0.338 e. The second kappa shape index (κ2) is 7.78. The maximum atomic E-state index is 12.4. The SMILES string of the molecule is C=CCOC(=O)C1=C(C)NC(=S)NC1c1ccc(OCC)cc1. The van der Waals surface area contributed by atoms with E-state index in [9.17, 15) is 4.79 Å². The first-order chi connectivity index (χ1) is 11.1. The minimum atomic E-state index is -0.399. The molecule has 0 radical (unpaired) electrons. The topological polar surface area (TPSA) is 59.6 Å². The molecule has 0 fully saturated rings. The number of hydrogen-bond acceptors (Lipinski definition) is 4. The Labute approximate surface area is 141 Å². The van der Waals surface area contributed by atoms with Gasteiger partial charge in [-0.3, -0.25) is 0 Å². The minimum Gasteiger partial charge on any atom is -0.494 e. The van der Waals surface area contributed by atoms with Crippen molar-refractivity contribution in [3.8, 4) is 5.75 Å². The predicted molar refractivity (Wildman–Crippen MR) is 93.1 cm³/mol. The molecule has 2 N–H and O–H groups in total. The molecule has 1 aromatic rings. The zero-order valence-electron chi connectivity index (χ0n) is 13.2. The first kappa shape index (κ1) is 17.0. The quantitative estimate of drug-likeness (QED) is 0.474. The Bertz CT molecular complexity index is 638. The maximum absolute atomic E-state index is 12.4. The lowest BCUT2D eigenvalue weighted by molar-refractivity contribution is -0.138. The average Bonchev–Trinajstić information content (AvgIpc) is 2.53. The number of allylic oxidation sites excluding steroid dienone is 1. The van der Waals surface area contributed by atoms with E-state index in [4.69, 9.17) is 21.7 Å². The first-order valence-electron chi connectivity index (χ1n) is 7.35. The molecule has 2 rings (SSSR count). The second-order valence-corrected chi connectivity index (χ2v) is 5.37. The monoisotopic (exact) mass is 332 g/mol. The Kier molecular flexibility index (Phi) is 5.76. The molecule has 1 aliphatic rings. The molecule has 0 spiro atoms. The van der Waals surface area contributed by atoms with Crippen molar-refractivity contribution in [2.75, 3.05) is 13.2 Å². The van der Waals surface area contributed by atoms with Crippen molar-refractivity contribution in [2.24, 2.45) is 0 Å². The molecule has 0 amide bonds. The molecule has 122 valence electrons. The molecule has 0 bridgehead atoms. The number of nitrogens with one attached hydrogen (secondary N) is 2. The number of esters is 1. The molecular weight excluding hydrogens is 312 g/mol. The van der Waals surface area contributed by atoms with E-state index >= 15 is 0 Å². The largest absolute Gasteiger partial charge is 0.494 e. The summed E-state index contributed by atoms with van der Waals surface area (Å²) >= 11 is 5.20. The summed E-state index contributed by atoms with van der Waals surface area (Å²) < 4.78 is 10.6. The lowest BCUT2D eigenvalue weighted by Crippen LogP contribution is -2.45. The van der Waals surface area contributed by atoms with E-state index in [0.717, 1.165) is 11.3 Å². The Balaban J connectivity index is 2.32. The van der Waals surface area contributed by atoms with Gasteiger partial charge in [0.2, 0.25) is 0 Å². The van der Waals surface area contributed by atoms with Gasteiger partial charge in [0.05, 0.1) is 18.2 Å². The van der Waals surface area contributed by atoms with Gasteiger partial charge in [0.25, 0.3) is 0 Å². The molecule has 6 heteroatoms. The number of carbonyl (C=O) groups is 1. The Morgan fingerprint density at radius 2 is 2.09 bits per heavy atom. The Morgan fingerprint density at radius 3 is 2.70 bits per heavy atom. The molecule has 0 saturated heterocycles. The molecule has 1 aromatic carbocycles. The minimum absolute atomic E-state index is 0.163. The van der Waals surface area contributed by atoms with Gasteiger partial charge in [-0.05, 0) is 43.8 Å². The van der Waals surface area contributed by atoms with Gasteiger partial charge in [0.15, 0.2) is 5.11 Å². The van der Waals surface area contributed by atoms with Crippen LogP contribution in [0.2, 0.25) is 0 Å². The van der Waals surface area contributed by atoms with Gasteiger partial charge in [0, 0.05) is 5.70 Å². The van der Waals surface area contributed by atoms with E-state index in [1.807, 2.05) is 31.2 Å². The standard InChI is InChI=1S/C17H20N2O3S/c1-4-10-22-16(20)14-11(3)18-17(23)19-15(14)12-6-8-13(9-7-12)21-5-2/h4,6-9,15H,1,5,10H2,2-3H3,(H2,18,19,23). The van der Waals surface area contributed by atoms with Crippen molar-refractivity contribution in [1.29, 1.82) is 0 Å². The number of ether oxygens (including phenoxy) is 2. The van der Waals surface area contributed by atoms with Crippen molar-refractivity contribution in [3.05, 3.63) is 53.8 Å². The third kappa shape index (κ3) is 4.10. The van der Waals surface area contributed by atoms with Crippen LogP contribution in [0.1, 0.15) is 25.5 Å². The normalized spacial score (nSPS) is 17.1. The third-order valence-electron chi connectivity index (χ3n) is 3.35. The average molecular weight is 332 g/mol. The lowest BCUT2D eigenvalue weighted by Gasteiger charge is -2.29. The molecular formula is C17H20N2O3S. The molecule has 1 atom stereocenters. The van der Waals surface area contributed by atoms with Crippen LogP contribution < -0.4 is 15.4 Å². The highest BCUT2D eigenvalue weighted by Gasteiger charge is 2.30. The summed E-state index contributed by atoms with van der Waals surface area (Å²) in [7, 11) is 0. The predicted octanol–water partition coefficient (Wildman–Crippen LogP) is 2.61. The highest BCUT2D eigenvalue weighted by molar-refractivity contribution is 7.80. The second-order valence-electron chi connectivity index (χ2n) is 4.96. The van der Waals surface area contributed by atoms with E-state index in [1.54, 1.807) is 6.92 Å². The summed E-state index contributed by atoms with van der Waals surface area (Å²) in [6, 6.07) is 7.19. The van der Waals surface area contributed by atoms with Crippen LogP contribution in [0, 0.1) is 0 Å². The molecule has 1 aliphatic heterocycles. The number of carbonyl (C=O) groups excluding carboxylic acids is 1. The van der Waals surface area contributed by atoms with E-state index in [-0.39, 0.29) is 12.6 Å². The van der Waals surface area contributed by atoms with Crippen molar-refractivity contribution in [3.63, 3.8) is 0 Å². The Morgan fingerprint density at radius 1 is 1.39 bits per heavy atom. The molecule has 5 nitrogen and oxygen atoms in total. The summed E-state index contributed by atoms with van der Waals surface area (Å²) in [5.41, 5.74) is 2.09. The van der Waals surface area contributed by atoms with Crippen LogP contribution in [0.5, 0.6) is 5.75 Å². The summed E-state index contributed by atoms with van der Waals surface area (Å²) in [5.74, 6) is 0.382. The van der Waals surface area contributed by atoms with Crippen LogP contribution in [-0.2, 0) is 9.53 Å². The van der Waals surface area contributed by atoms with Crippen LogP contribution in [0.25, 0.3) is 0 Å². The van der Waals surface area contributed by atoms with Gasteiger partial charge in [-0.2, -0.15) is 0 Å². The summed E-state index contributed by atoms with van der Waals surface area (Å²) in [4.78, 5) is 12.4. The van der Waals surface area contributed by atoms with Crippen LogP contribution >= 0.6 is 12.2 Å². The fraction of sp³-hybridized carbons (Fsp3) is 0.294. The van der Waals surface area contributed by atoms with Gasteiger partial charge in [-0.1, -0.05) is 24.8 Å². The van der Waals surface area contributed by atoms with Crippen molar-refractivity contribution in [2.45, 2.75) is 19.9 Å². The Hall–Kier alpha value is -2.34. The number of benzene rings is 1. The van der Waals surface area contributed by atoms with Gasteiger partial charge in [0.1, 0.15) is 12.4 Å². The molecule has 23 heavy (non-hydrogen) atoms. The number of thiocarbonyl (C=S) groups is 1. The molecule has 1 heterocycles. The highest BCUT2D eigenvalue weighted by atomic mass is 32.1. The van der Waals surface area contributed by atoms with Gasteiger partial charge >= 0.3 is 5.97 Å². The molecule has 0 aromatic heterocycles. The van der Waals surface area contributed by atoms with Gasteiger partial charge < -0.3 is 20.1 Å². The summed E-state index contributed by atoms with van der Waals surface area (Å²) in [5, 5.41) is 6.56. The van der Waals surface area contributed by atoms with Crippen molar-refractivity contribution < 1.29 is 14.3 Å². The fourth-order valence-corrected chi connectivity index (χ4v) is 2.62. The van der Waals surface area contributed by atoms with Crippen LogP contribution in [-0.4, -0.2) is 24.3 Å². The fourth-order valence-electron chi connectivity index (χ4n) is 2.35. The van der Waals surface area contributed by atoms with Crippen LogP contribution in [0.4, 0.5) is 0 Å². The molecule has 0 saturated carbocycles. The summed E-state index contributed by atoms with van der Waals surface area (Å²) in [6.07, 6.45) is 1.54. The maximum Gasteiger partial charge on any atom is 0.338 e. The number of hydrogen-bond donors (Lipinski definition) is 2. The third-order valence-corrected chi connectivity index (χ3v) is 3.57. The van der Waals surface area contributed by atoms with E-state index in [2.05, 4.69) is 17.2 Å². The van der Waals surface area contributed by atoms with Crippen LogP contribution in [0.15, 0.2) is 48.2 Å². The van der Waals surface area contributed by atoms with Crippen molar-refractivity contribution in [1.82, 2.24) is 10.6 Å². The van der Waals surface area contributed by atoms with Crippen LogP contribution in [0.3, 0.4) is 0 Å². The highest BCUT2D eigenvalue weighted by Crippen LogP contribution is 2.28. The molecule has 1 unspecified atom stereocenters.